The average molecular weight is 388 g/mol. The fraction of sp³-hybridized carbons (Fsp3) is 0. The largest absolute Gasteiger partial charge is 0.389 e. The zero-order valence-electron chi connectivity index (χ0n) is 10.5. The number of nitrogens with two attached hydrogens (primary N) is 1. The second-order valence-electron chi connectivity index (χ2n) is 4.13. The van der Waals surface area contributed by atoms with E-state index in [1.54, 1.807) is 18.2 Å². The van der Waals surface area contributed by atoms with Crippen molar-refractivity contribution in [3.05, 3.63) is 62.8 Å². The Morgan fingerprint density at radius 2 is 1.95 bits per heavy atom. The summed E-state index contributed by atoms with van der Waals surface area (Å²) >= 11 is 14.0. The summed E-state index contributed by atoms with van der Waals surface area (Å²) in [6.07, 6.45) is 0. The van der Waals surface area contributed by atoms with Crippen LogP contribution in [0.3, 0.4) is 0 Å². The van der Waals surface area contributed by atoms with E-state index in [1.807, 2.05) is 0 Å². The molecule has 1 amide bonds. The number of anilines is 1. The van der Waals surface area contributed by atoms with Crippen LogP contribution in [0.2, 0.25) is 5.02 Å². The molecule has 2 aromatic rings. The zero-order valence-corrected chi connectivity index (χ0v) is 13.7. The zero-order chi connectivity index (χ0) is 15.6. The molecule has 0 spiro atoms. The molecule has 0 aliphatic heterocycles. The molecule has 3 N–H and O–H groups in total. The van der Waals surface area contributed by atoms with E-state index in [2.05, 4.69) is 21.2 Å². The average Bonchev–Trinajstić information content (AvgIpc) is 2.43. The van der Waals surface area contributed by atoms with E-state index in [9.17, 15) is 9.18 Å². The number of hydrogen-bond acceptors (Lipinski definition) is 2. The first-order valence-corrected chi connectivity index (χ1v) is 7.32. The molecule has 2 rings (SSSR count). The number of carbonyl (C=O) groups is 1. The SMILES string of the molecule is NC(=S)c1cc(Br)ccc1NC(=O)c1cc(Cl)ccc1F. The molecule has 0 atom stereocenters. The maximum absolute atomic E-state index is 13.7. The van der Waals surface area contributed by atoms with Crippen molar-refractivity contribution < 1.29 is 9.18 Å². The third-order valence-corrected chi connectivity index (χ3v) is 3.62. The Morgan fingerprint density at radius 1 is 1.24 bits per heavy atom. The van der Waals surface area contributed by atoms with Crippen LogP contribution < -0.4 is 11.1 Å². The van der Waals surface area contributed by atoms with Crippen LogP contribution in [0.4, 0.5) is 10.1 Å². The van der Waals surface area contributed by atoms with E-state index in [-0.39, 0.29) is 15.6 Å². The standard InChI is InChI=1S/C14H9BrClFN2OS/c15-7-1-4-12(10(5-7)13(18)21)19-14(20)9-6-8(16)2-3-11(9)17/h1-6H,(H2,18,21)(H,19,20). The summed E-state index contributed by atoms with van der Waals surface area (Å²) < 4.78 is 14.4. The number of carbonyl (C=O) groups excluding carboxylic acids is 1. The highest BCUT2D eigenvalue weighted by Crippen LogP contribution is 2.23. The highest BCUT2D eigenvalue weighted by atomic mass is 79.9. The van der Waals surface area contributed by atoms with E-state index in [4.69, 9.17) is 29.6 Å². The Kier molecular flexibility index (Phi) is 4.92. The van der Waals surface area contributed by atoms with Crippen LogP contribution in [-0.4, -0.2) is 10.9 Å². The van der Waals surface area contributed by atoms with Crippen LogP contribution >= 0.6 is 39.7 Å². The lowest BCUT2D eigenvalue weighted by Gasteiger charge is -2.11. The molecule has 0 fully saturated rings. The van der Waals surface area contributed by atoms with Gasteiger partial charge in [0, 0.05) is 15.1 Å². The van der Waals surface area contributed by atoms with E-state index < -0.39 is 11.7 Å². The molecule has 0 saturated heterocycles. The minimum absolute atomic E-state index is 0.123. The molecule has 108 valence electrons. The maximum Gasteiger partial charge on any atom is 0.258 e. The van der Waals surface area contributed by atoms with Gasteiger partial charge in [-0.1, -0.05) is 39.7 Å². The van der Waals surface area contributed by atoms with Crippen molar-refractivity contribution in [2.24, 2.45) is 5.73 Å². The lowest BCUT2D eigenvalue weighted by molar-refractivity contribution is 0.102. The molecule has 0 bridgehead atoms. The molecule has 0 aliphatic carbocycles. The molecule has 0 saturated carbocycles. The quantitative estimate of drug-likeness (QED) is 0.779. The number of benzene rings is 2. The van der Waals surface area contributed by atoms with Gasteiger partial charge in [-0.3, -0.25) is 4.79 Å². The topological polar surface area (TPSA) is 55.1 Å². The molecular weight excluding hydrogens is 379 g/mol. The summed E-state index contributed by atoms with van der Waals surface area (Å²) in [4.78, 5) is 12.3. The van der Waals surface area contributed by atoms with Crippen molar-refractivity contribution in [2.45, 2.75) is 0 Å². The van der Waals surface area contributed by atoms with Gasteiger partial charge in [0.2, 0.25) is 0 Å². The lowest BCUT2D eigenvalue weighted by atomic mass is 10.1. The van der Waals surface area contributed by atoms with Gasteiger partial charge in [0.15, 0.2) is 0 Å². The second kappa shape index (κ2) is 6.51. The Morgan fingerprint density at radius 3 is 2.62 bits per heavy atom. The molecule has 0 radical (unpaired) electrons. The first-order chi connectivity index (χ1) is 9.88. The van der Waals surface area contributed by atoms with E-state index >= 15 is 0 Å². The molecule has 0 heterocycles. The van der Waals surface area contributed by atoms with Crippen molar-refractivity contribution in [1.82, 2.24) is 0 Å². The smallest absolute Gasteiger partial charge is 0.258 e. The molecular formula is C14H9BrClFN2OS. The summed E-state index contributed by atoms with van der Waals surface area (Å²) in [5, 5.41) is 2.85. The van der Waals surface area contributed by atoms with E-state index in [0.29, 0.717) is 11.3 Å². The first kappa shape index (κ1) is 15.9. The Bertz CT molecular complexity index is 739. The van der Waals surface area contributed by atoms with Gasteiger partial charge in [-0.15, -0.1) is 0 Å². The highest BCUT2D eigenvalue weighted by molar-refractivity contribution is 9.10. The monoisotopic (exact) mass is 386 g/mol. The Labute approximate surface area is 139 Å². The molecule has 0 aromatic heterocycles. The van der Waals surface area contributed by atoms with Gasteiger partial charge in [-0.05, 0) is 36.4 Å². The third-order valence-electron chi connectivity index (χ3n) is 2.67. The lowest BCUT2D eigenvalue weighted by Crippen LogP contribution is -2.18. The van der Waals surface area contributed by atoms with Crippen molar-refractivity contribution in [3.63, 3.8) is 0 Å². The summed E-state index contributed by atoms with van der Waals surface area (Å²) in [6, 6.07) is 8.77. The van der Waals surface area contributed by atoms with Gasteiger partial charge >= 0.3 is 0 Å². The fourth-order valence-corrected chi connectivity index (χ4v) is 2.39. The van der Waals surface area contributed by atoms with Crippen LogP contribution in [0.25, 0.3) is 0 Å². The van der Waals surface area contributed by atoms with Gasteiger partial charge in [0.25, 0.3) is 5.91 Å². The summed E-state index contributed by atoms with van der Waals surface area (Å²) in [7, 11) is 0. The predicted octanol–water partition coefficient (Wildman–Crippen LogP) is 4.13. The van der Waals surface area contributed by atoms with Crippen LogP contribution in [-0.2, 0) is 0 Å². The molecule has 0 aliphatic rings. The fourth-order valence-electron chi connectivity index (χ4n) is 1.69. The number of halogens is 3. The molecule has 7 heteroatoms. The van der Waals surface area contributed by atoms with E-state index in [1.165, 1.54) is 12.1 Å². The molecule has 21 heavy (non-hydrogen) atoms. The number of rotatable bonds is 3. The number of amides is 1. The number of hydrogen-bond donors (Lipinski definition) is 2. The summed E-state index contributed by atoms with van der Waals surface area (Å²) in [5.74, 6) is -1.29. The second-order valence-corrected chi connectivity index (χ2v) is 5.92. The van der Waals surface area contributed by atoms with Crippen molar-refractivity contribution in [1.29, 1.82) is 0 Å². The van der Waals surface area contributed by atoms with Gasteiger partial charge in [-0.2, -0.15) is 0 Å². The van der Waals surface area contributed by atoms with Gasteiger partial charge in [0.1, 0.15) is 10.8 Å². The van der Waals surface area contributed by atoms with Crippen LogP contribution in [0, 0.1) is 5.82 Å². The van der Waals surface area contributed by atoms with Crippen molar-refractivity contribution in [2.75, 3.05) is 5.32 Å². The minimum atomic E-state index is -0.661. The minimum Gasteiger partial charge on any atom is -0.389 e. The molecule has 0 unspecified atom stereocenters. The maximum atomic E-state index is 13.7. The van der Waals surface area contributed by atoms with Crippen LogP contribution in [0.5, 0.6) is 0 Å². The number of nitrogens with one attached hydrogen (secondary N) is 1. The summed E-state index contributed by atoms with van der Waals surface area (Å²) in [5.41, 5.74) is 6.34. The predicted molar refractivity (Wildman–Crippen MR) is 89.4 cm³/mol. The highest BCUT2D eigenvalue weighted by Gasteiger charge is 2.15. The Balaban J connectivity index is 2.36. The first-order valence-electron chi connectivity index (χ1n) is 5.74. The van der Waals surface area contributed by atoms with E-state index in [0.717, 1.165) is 10.5 Å². The Hall–Kier alpha value is -1.50. The van der Waals surface area contributed by atoms with Gasteiger partial charge < -0.3 is 11.1 Å². The van der Waals surface area contributed by atoms with Gasteiger partial charge in [0.05, 0.1) is 11.3 Å². The van der Waals surface area contributed by atoms with Gasteiger partial charge in [-0.25, -0.2) is 4.39 Å². The molecule has 3 nitrogen and oxygen atoms in total. The van der Waals surface area contributed by atoms with Crippen molar-refractivity contribution in [3.8, 4) is 0 Å². The summed E-state index contributed by atoms with van der Waals surface area (Å²) in [6.45, 7) is 0. The number of thiocarbonyl (C=S) groups is 1. The van der Waals surface area contributed by atoms with Crippen molar-refractivity contribution >= 4 is 56.3 Å². The third kappa shape index (κ3) is 3.78. The normalized spacial score (nSPS) is 10.2. The molecule has 2 aromatic carbocycles. The van der Waals surface area contributed by atoms with Crippen LogP contribution in [0.1, 0.15) is 15.9 Å². The van der Waals surface area contributed by atoms with Crippen LogP contribution in [0.15, 0.2) is 40.9 Å².